The van der Waals surface area contributed by atoms with Crippen LogP contribution in [0, 0.1) is 0 Å². The van der Waals surface area contributed by atoms with Crippen LogP contribution in [0.1, 0.15) is 43.0 Å². The summed E-state index contributed by atoms with van der Waals surface area (Å²) in [5, 5.41) is 9.88. The number of aromatic nitrogens is 1. The number of rotatable bonds is 4. The van der Waals surface area contributed by atoms with Gasteiger partial charge in [0.15, 0.2) is 0 Å². The Balaban J connectivity index is 2.32. The molecule has 1 amide bonds. The van der Waals surface area contributed by atoms with Crippen molar-refractivity contribution < 1.29 is 14.7 Å². The standard InChI is InChI=1S/C14H17ClN2O3/c1-2-6-14(13(19)20)7-3-8-17(14)12(18)10-4-5-11(15)16-9-10/h4-5,9H,2-3,6-8H2,1H3,(H,19,20). The lowest BCUT2D eigenvalue weighted by Gasteiger charge is -2.34. The Bertz CT molecular complexity index is 518. The first kappa shape index (κ1) is 14.8. The zero-order valence-corrected chi connectivity index (χ0v) is 12.1. The highest BCUT2D eigenvalue weighted by Crippen LogP contribution is 2.35. The molecule has 20 heavy (non-hydrogen) atoms. The van der Waals surface area contributed by atoms with Crippen LogP contribution >= 0.6 is 11.6 Å². The Morgan fingerprint density at radius 2 is 2.25 bits per heavy atom. The molecule has 0 saturated carbocycles. The molecular weight excluding hydrogens is 280 g/mol. The molecule has 6 heteroatoms. The maximum Gasteiger partial charge on any atom is 0.329 e. The predicted octanol–water partition coefficient (Wildman–Crippen LogP) is 2.59. The second kappa shape index (κ2) is 5.79. The zero-order valence-electron chi connectivity index (χ0n) is 11.3. The van der Waals surface area contributed by atoms with Crippen LogP contribution in [-0.4, -0.2) is 39.0 Å². The van der Waals surface area contributed by atoms with E-state index < -0.39 is 11.5 Å². The number of pyridine rings is 1. The molecule has 1 atom stereocenters. The molecule has 1 saturated heterocycles. The first-order valence-electron chi connectivity index (χ1n) is 6.68. The fourth-order valence-electron chi connectivity index (χ4n) is 2.84. The molecule has 5 nitrogen and oxygen atoms in total. The molecule has 0 spiro atoms. The summed E-state index contributed by atoms with van der Waals surface area (Å²) in [6.07, 6.45) is 3.79. The van der Waals surface area contributed by atoms with Gasteiger partial charge in [-0.3, -0.25) is 4.79 Å². The number of aliphatic carboxylic acids is 1. The summed E-state index contributed by atoms with van der Waals surface area (Å²) in [5.74, 6) is -1.21. The van der Waals surface area contributed by atoms with E-state index in [1.807, 2.05) is 6.92 Å². The molecule has 0 bridgehead atoms. The van der Waals surface area contributed by atoms with E-state index in [1.165, 1.54) is 17.2 Å². The molecule has 2 rings (SSSR count). The summed E-state index contributed by atoms with van der Waals surface area (Å²) in [6.45, 7) is 2.39. The smallest absolute Gasteiger partial charge is 0.329 e. The molecule has 0 radical (unpaired) electrons. The summed E-state index contributed by atoms with van der Waals surface area (Å²) in [6, 6.07) is 3.11. The molecule has 1 unspecified atom stereocenters. The van der Waals surface area contributed by atoms with Crippen LogP contribution in [0.2, 0.25) is 5.15 Å². The summed E-state index contributed by atoms with van der Waals surface area (Å²) < 4.78 is 0. The molecule has 1 aromatic heterocycles. The maximum absolute atomic E-state index is 12.5. The number of carbonyl (C=O) groups is 2. The second-order valence-electron chi connectivity index (χ2n) is 5.02. The van der Waals surface area contributed by atoms with E-state index in [4.69, 9.17) is 11.6 Å². The van der Waals surface area contributed by atoms with Gasteiger partial charge in [-0.25, -0.2) is 9.78 Å². The zero-order chi connectivity index (χ0) is 14.8. The van der Waals surface area contributed by atoms with Gasteiger partial charge in [-0.2, -0.15) is 0 Å². The third-order valence-electron chi connectivity index (χ3n) is 3.77. The largest absolute Gasteiger partial charge is 0.479 e. The molecule has 1 N–H and O–H groups in total. The molecule has 2 heterocycles. The normalized spacial score (nSPS) is 22.0. The van der Waals surface area contributed by atoms with Gasteiger partial charge < -0.3 is 10.0 Å². The van der Waals surface area contributed by atoms with Crippen LogP contribution < -0.4 is 0 Å². The number of halogens is 1. The number of carboxylic acid groups (broad SMARTS) is 1. The van der Waals surface area contributed by atoms with Gasteiger partial charge in [-0.15, -0.1) is 0 Å². The Hall–Kier alpha value is -1.62. The van der Waals surface area contributed by atoms with Crippen molar-refractivity contribution in [1.29, 1.82) is 0 Å². The van der Waals surface area contributed by atoms with E-state index >= 15 is 0 Å². The Morgan fingerprint density at radius 3 is 2.80 bits per heavy atom. The number of carboxylic acids is 1. The average Bonchev–Trinajstić information content (AvgIpc) is 2.84. The minimum absolute atomic E-state index is 0.289. The van der Waals surface area contributed by atoms with Crippen molar-refractivity contribution >= 4 is 23.5 Å². The van der Waals surface area contributed by atoms with Gasteiger partial charge >= 0.3 is 5.97 Å². The fraction of sp³-hybridized carbons (Fsp3) is 0.500. The van der Waals surface area contributed by atoms with Crippen LogP contribution in [0.5, 0.6) is 0 Å². The van der Waals surface area contributed by atoms with Crippen LogP contribution in [0.25, 0.3) is 0 Å². The monoisotopic (exact) mass is 296 g/mol. The lowest BCUT2D eigenvalue weighted by atomic mass is 9.90. The Kier molecular flexibility index (Phi) is 4.28. The summed E-state index contributed by atoms with van der Waals surface area (Å²) in [4.78, 5) is 29.6. The lowest BCUT2D eigenvalue weighted by Crippen LogP contribution is -2.53. The van der Waals surface area contributed by atoms with E-state index in [-0.39, 0.29) is 5.91 Å². The number of carbonyl (C=O) groups excluding carboxylic acids is 1. The summed E-state index contributed by atoms with van der Waals surface area (Å²) in [5.41, 5.74) is -0.705. The minimum Gasteiger partial charge on any atom is -0.479 e. The molecule has 1 fully saturated rings. The van der Waals surface area contributed by atoms with E-state index in [0.29, 0.717) is 36.5 Å². The highest BCUT2D eigenvalue weighted by atomic mass is 35.5. The molecule has 108 valence electrons. The van der Waals surface area contributed by atoms with Crippen molar-refractivity contribution in [2.75, 3.05) is 6.54 Å². The highest BCUT2D eigenvalue weighted by molar-refractivity contribution is 6.29. The van der Waals surface area contributed by atoms with Gasteiger partial charge in [0.1, 0.15) is 10.7 Å². The summed E-state index contributed by atoms with van der Waals surface area (Å²) >= 11 is 5.70. The number of amides is 1. The topological polar surface area (TPSA) is 70.5 Å². The third kappa shape index (κ3) is 2.50. The molecule has 0 aliphatic carbocycles. The third-order valence-corrected chi connectivity index (χ3v) is 3.99. The number of likely N-dealkylation sites (tertiary alicyclic amines) is 1. The van der Waals surface area contributed by atoms with E-state index in [9.17, 15) is 14.7 Å². The van der Waals surface area contributed by atoms with Gasteiger partial charge in [0.05, 0.1) is 5.56 Å². The van der Waals surface area contributed by atoms with Gasteiger partial charge in [-0.05, 0) is 31.4 Å². The van der Waals surface area contributed by atoms with Crippen molar-refractivity contribution in [3.05, 3.63) is 29.0 Å². The van der Waals surface area contributed by atoms with Gasteiger partial charge in [-0.1, -0.05) is 24.9 Å². The van der Waals surface area contributed by atoms with Crippen molar-refractivity contribution in [2.45, 2.75) is 38.1 Å². The van der Waals surface area contributed by atoms with Gasteiger partial charge in [0.25, 0.3) is 5.91 Å². The summed E-state index contributed by atoms with van der Waals surface area (Å²) in [7, 11) is 0. The van der Waals surface area contributed by atoms with Crippen LogP contribution in [0.3, 0.4) is 0 Å². The molecular formula is C14H17ClN2O3. The Morgan fingerprint density at radius 1 is 1.50 bits per heavy atom. The Labute approximate surface area is 122 Å². The number of hydrogen-bond acceptors (Lipinski definition) is 3. The fourth-order valence-corrected chi connectivity index (χ4v) is 2.95. The average molecular weight is 297 g/mol. The minimum atomic E-state index is -1.08. The number of nitrogens with zero attached hydrogens (tertiary/aromatic N) is 2. The molecule has 1 aliphatic heterocycles. The maximum atomic E-state index is 12.5. The first-order valence-corrected chi connectivity index (χ1v) is 7.06. The van der Waals surface area contributed by atoms with Crippen LogP contribution in [0.4, 0.5) is 0 Å². The first-order chi connectivity index (χ1) is 9.51. The predicted molar refractivity (Wildman–Crippen MR) is 74.8 cm³/mol. The van der Waals surface area contributed by atoms with Crippen molar-refractivity contribution in [3.8, 4) is 0 Å². The van der Waals surface area contributed by atoms with Gasteiger partial charge in [0.2, 0.25) is 0 Å². The molecule has 1 aliphatic rings. The highest BCUT2D eigenvalue weighted by Gasteiger charge is 2.49. The van der Waals surface area contributed by atoms with E-state index in [0.717, 1.165) is 6.42 Å². The van der Waals surface area contributed by atoms with Crippen molar-refractivity contribution in [1.82, 2.24) is 9.88 Å². The SMILES string of the molecule is CCCC1(C(=O)O)CCCN1C(=O)c1ccc(Cl)nc1. The van der Waals surface area contributed by atoms with Crippen molar-refractivity contribution in [3.63, 3.8) is 0 Å². The van der Waals surface area contributed by atoms with E-state index in [2.05, 4.69) is 4.98 Å². The van der Waals surface area contributed by atoms with E-state index in [1.54, 1.807) is 6.07 Å². The second-order valence-corrected chi connectivity index (χ2v) is 5.40. The molecule has 0 aromatic carbocycles. The quantitative estimate of drug-likeness (QED) is 0.867. The van der Waals surface area contributed by atoms with Crippen molar-refractivity contribution in [2.24, 2.45) is 0 Å². The van der Waals surface area contributed by atoms with Gasteiger partial charge in [0, 0.05) is 12.7 Å². The van der Waals surface area contributed by atoms with Crippen LogP contribution in [0.15, 0.2) is 18.3 Å². The van der Waals surface area contributed by atoms with Crippen LogP contribution in [-0.2, 0) is 4.79 Å². The molecule has 1 aromatic rings. The number of hydrogen-bond donors (Lipinski definition) is 1. The lowest BCUT2D eigenvalue weighted by molar-refractivity contribution is -0.148.